The molecule has 2 atom stereocenters. The first kappa shape index (κ1) is 29.3. The molecule has 11 heteroatoms. The normalized spacial score (nSPS) is 16.0. The molecule has 1 fully saturated rings. The summed E-state index contributed by atoms with van der Waals surface area (Å²) in [7, 11) is 0. The smallest absolute Gasteiger partial charge is 0.336 e. The monoisotopic (exact) mass is 586 g/mol. The van der Waals surface area contributed by atoms with Crippen molar-refractivity contribution in [2.24, 2.45) is 0 Å². The van der Waals surface area contributed by atoms with Gasteiger partial charge in [-0.1, -0.05) is 24.6 Å². The van der Waals surface area contributed by atoms with Gasteiger partial charge >= 0.3 is 11.9 Å². The number of phenols is 1. The molecule has 0 spiro atoms. The largest absolute Gasteiger partial charge is 0.508 e. The quantitative estimate of drug-likeness (QED) is 0.116. The number of cyclic esters (lactones) is 1. The Kier molecular flexibility index (Phi) is 8.42. The Bertz CT molecular complexity index is 1760. The third-order valence-corrected chi connectivity index (χ3v) is 7.41. The first-order valence-corrected chi connectivity index (χ1v) is 13.9. The van der Waals surface area contributed by atoms with Gasteiger partial charge in [0, 0.05) is 41.6 Å². The van der Waals surface area contributed by atoms with Crippen LogP contribution in [0, 0.1) is 0 Å². The van der Waals surface area contributed by atoms with Crippen molar-refractivity contribution in [2.45, 2.75) is 51.2 Å². The fourth-order valence-corrected chi connectivity index (χ4v) is 5.27. The molecule has 4 N–H and O–H groups in total. The number of carboxylic acids is 1. The molecule has 0 saturated carbocycles. The Hall–Kier alpha value is -5.19. The SMILES string of the molecule is C[C@H]1OC(=O)[C@H]1NC(=O)CCCCCNC(=O)Cc1cccc(-c2c3ccc(=O)cc-3oc3cc(O)ccc23)c1C(=O)O. The average Bonchev–Trinajstić information content (AvgIpc) is 2.96. The van der Waals surface area contributed by atoms with E-state index >= 15 is 0 Å². The zero-order valence-electron chi connectivity index (χ0n) is 23.3. The zero-order chi connectivity index (χ0) is 30.7. The summed E-state index contributed by atoms with van der Waals surface area (Å²) >= 11 is 0. The number of phenolic OH excluding ortho intramolecular Hbond substituents is 1. The summed E-state index contributed by atoms with van der Waals surface area (Å²) in [6, 6.07) is 13.0. The molecule has 2 aromatic carbocycles. The summed E-state index contributed by atoms with van der Waals surface area (Å²) in [5.74, 6) is -2.05. The second-order valence-corrected chi connectivity index (χ2v) is 10.5. The number of carbonyl (C=O) groups excluding carboxylic acids is 3. The Morgan fingerprint density at radius 2 is 1.74 bits per heavy atom. The number of aromatic hydroxyl groups is 1. The number of fused-ring (bicyclic) bond motifs is 2. The van der Waals surface area contributed by atoms with Crippen molar-refractivity contribution in [1.29, 1.82) is 0 Å². The summed E-state index contributed by atoms with van der Waals surface area (Å²) in [5.41, 5.74) is 1.59. The van der Waals surface area contributed by atoms with Crippen LogP contribution in [0.2, 0.25) is 0 Å². The van der Waals surface area contributed by atoms with Crippen molar-refractivity contribution in [3.63, 3.8) is 0 Å². The van der Waals surface area contributed by atoms with Crippen LogP contribution in [-0.4, -0.2) is 52.7 Å². The van der Waals surface area contributed by atoms with Gasteiger partial charge < -0.3 is 30.0 Å². The van der Waals surface area contributed by atoms with E-state index in [0.29, 0.717) is 53.4 Å². The minimum Gasteiger partial charge on any atom is -0.508 e. The molecule has 2 heterocycles. The number of ether oxygens (including phenoxy) is 1. The molecule has 11 nitrogen and oxygen atoms in total. The number of carboxylic acid groups (broad SMARTS) is 1. The Morgan fingerprint density at radius 3 is 2.49 bits per heavy atom. The fourth-order valence-electron chi connectivity index (χ4n) is 5.27. The lowest BCUT2D eigenvalue weighted by Crippen LogP contribution is -2.58. The molecule has 2 aromatic rings. The standard InChI is InChI=1S/C32H30N2O9/c1-17-30(32(41)42-17)34-26(37)8-3-2-4-13-33-27(38)14-18-6-5-7-23(28(18)31(39)40)29-21-11-9-19(35)15-24(21)43-25-16-20(36)10-12-22(25)29/h5-7,9-12,15-17,30,35H,2-4,8,13-14H2,1H3,(H,33,38)(H,34,37)(H,39,40)/t17-,30+/m1/s1. The maximum atomic E-state index is 12.8. The van der Waals surface area contributed by atoms with Gasteiger partial charge in [-0.15, -0.1) is 0 Å². The van der Waals surface area contributed by atoms with E-state index in [0.717, 1.165) is 0 Å². The maximum Gasteiger partial charge on any atom is 0.336 e. The summed E-state index contributed by atoms with van der Waals surface area (Å²) in [5, 5.41) is 26.3. The van der Waals surface area contributed by atoms with Crippen molar-refractivity contribution in [2.75, 3.05) is 6.54 Å². The van der Waals surface area contributed by atoms with Crippen LogP contribution in [0.25, 0.3) is 33.4 Å². The lowest BCUT2D eigenvalue weighted by molar-refractivity contribution is -0.176. The Labute approximate surface area is 245 Å². The molecule has 0 bridgehead atoms. The molecule has 2 amide bonds. The number of carbonyl (C=O) groups is 4. The van der Waals surface area contributed by atoms with Crippen LogP contribution in [0.4, 0.5) is 0 Å². The second kappa shape index (κ2) is 12.4. The summed E-state index contributed by atoms with van der Waals surface area (Å²) < 4.78 is 10.7. The van der Waals surface area contributed by atoms with Gasteiger partial charge in [-0.3, -0.25) is 14.4 Å². The molecule has 1 saturated heterocycles. The molecular formula is C32H30N2O9. The number of aromatic carboxylic acids is 1. The van der Waals surface area contributed by atoms with Gasteiger partial charge in [0.1, 0.15) is 23.2 Å². The van der Waals surface area contributed by atoms with Crippen LogP contribution in [0.3, 0.4) is 0 Å². The summed E-state index contributed by atoms with van der Waals surface area (Å²) in [4.78, 5) is 60.8. The van der Waals surface area contributed by atoms with E-state index in [2.05, 4.69) is 10.6 Å². The van der Waals surface area contributed by atoms with Crippen molar-refractivity contribution in [3.8, 4) is 28.2 Å². The highest BCUT2D eigenvalue weighted by Gasteiger charge is 2.40. The molecule has 0 radical (unpaired) electrons. The number of hydrogen-bond donors (Lipinski definition) is 4. The number of esters is 1. The van der Waals surface area contributed by atoms with E-state index in [-0.39, 0.29) is 58.8 Å². The highest BCUT2D eigenvalue weighted by Crippen LogP contribution is 2.42. The van der Waals surface area contributed by atoms with Gasteiger partial charge in [0.25, 0.3) is 0 Å². The van der Waals surface area contributed by atoms with Crippen LogP contribution < -0.4 is 16.1 Å². The molecule has 43 heavy (non-hydrogen) atoms. The minimum absolute atomic E-state index is 0.0538. The van der Waals surface area contributed by atoms with Gasteiger partial charge in [0.05, 0.1) is 12.0 Å². The topological polar surface area (TPSA) is 172 Å². The number of unbranched alkanes of at least 4 members (excludes halogenated alkanes) is 2. The van der Waals surface area contributed by atoms with E-state index in [1.807, 2.05) is 0 Å². The highest BCUT2D eigenvalue weighted by atomic mass is 16.6. The van der Waals surface area contributed by atoms with Crippen LogP contribution in [0.15, 0.2) is 63.8 Å². The first-order chi connectivity index (χ1) is 20.6. The summed E-state index contributed by atoms with van der Waals surface area (Å²) in [6.07, 6.45) is 1.63. The maximum absolute atomic E-state index is 12.8. The third-order valence-electron chi connectivity index (χ3n) is 7.41. The van der Waals surface area contributed by atoms with Crippen molar-refractivity contribution < 1.29 is 38.5 Å². The molecule has 1 aliphatic carbocycles. The lowest BCUT2D eigenvalue weighted by Gasteiger charge is -2.32. The van der Waals surface area contributed by atoms with Crippen LogP contribution in [0.1, 0.15) is 48.5 Å². The molecule has 0 aromatic heterocycles. The Balaban J connectivity index is 1.28. The first-order valence-electron chi connectivity index (χ1n) is 13.9. The van der Waals surface area contributed by atoms with Crippen LogP contribution in [0.5, 0.6) is 5.75 Å². The van der Waals surface area contributed by atoms with E-state index in [1.165, 1.54) is 24.3 Å². The van der Waals surface area contributed by atoms with Gasteiger partial charge in [-0.2, -0.15) is 0 Å². The van der Waals surface area contributed by atoms with Gasteiger partial charge in [0.2, 0.25) is 11.8 Å². The average molecular weight is 587 g/mol. The van der Waals surface area contributed by atoms with Crippen molar-refractivity contribution >= 4 is 34.7 Å². The Morgan fingerprint density at radius 1 is 0.930 bits per heavy atom. The van der Waals surface area contributed by atoms with E-state index in [9.17, 15) is 34.2 Å². The highest BCUT2D eigenvalue weighted by molar-refractivity contribution is 6.08. The molecule has 3 aliphatic rings. The van der Waals surface area contributed by atoms with E-state index in [4.69, 9.17) is 9.15 Å². The number of rotatable bonds is 11. The predicted octanol–water partition coefficient (Wildman–Crippen LogP) is 3.62. The van der Waals surface area contributed by atoms with Crippen molar-refractivity contribution in [1.82, 2.24) is 10.6 Å². The number of hydrogen-bond acceptors (Lipinski definition) is 8. The minimum atomic E-state index is -1.22. The van der Waals surface area contributed by atoms with E-state index < -0.39 is 18.0 Å². The number of benzene rings is 3. The van der Waals surface area contributed by atoms with Gasteiger partial charge in [-0.25, -0.2) is 9.59 Å². The molecular weight excluding hydrogens is 556 g/mol. The molecule has 0 unspecified atom stereocenters. The van der Waals surface area contributed by atoms with E-state index in [1.54, 1.807) is 37.3 Å². The number of amides is 2. The lowest BCUT2D eigenvalue weighted by atomic mass is 9.88. The predicted molar refractivity (Wildman–Crippen MR) is 156 cm³/mol. The van der Waals surface area contributed by atoms with Gasteiger partial charge in [0.15, 0.2) is 11.5 Å². The van der Waals surface area contributed by atoms with Crippen LogP contribution >= 0.6 is 0 Å². The fraction of sp³-hybridized carbons (Fsp3) is 0.281. The molecule has 2 aliphatic heterocycles. The third kappa shape index (κ3) is 6.35. The molecule has 5 rings (SSSR count). The molecule has 222 valence electrons. The second-order valence-electron chi connectivity index (χ2n) is 10.5. The zero-order valence-corrected chi connectivity index (χ0v) is 23.3. The van der Waals surface area contributed by atoms with Crippen LogP contribution in [-0.2, 0) is 25.5 Å². The summed E-state index contributed by atoms with van der Waals surface area (Å²) in [6.45, 7) is 2.06. The van der Waals surface area contributed by atoms with Crippen molar-refractivity contribution in [3.05, 3.63) is 75.9 Å². The van der Waals surface area contributed by atoms with Gasteiger partial charge in [-0.05, 0) is 55.2 Å². The number of nitrogens with one attached hydrogen (secondary N) is 2.